The van der Waals surface area contributed by atoms with E-state index in [1.54, 1.807) is 6.07 Å². The van der Waals surface area contributed by atoms with Gasteiger partial charge in [-0.2, -0.15) is 13.9 Å². The van der Waals surface area contributed by atoms with Crippen LogP contribution < -0.4 is 19.5 Å². The van der Waals surface area contributed by atoms with Crippen LogP contribution in [0.4, 0.5) is 13.2 Å². The number of fused-ring (bicyclic) bond motifs is 1. The first-order valence-electron chi connectivity index (χ1n) is 8.91. The Hall–Kier alpha value is -3.50. The van der Waals surface area contributed by atoms with Crippen molar-refractivity contribution in [1.29, 1.82) is 0 Å². The van der Waals surface area contributed by atoms with Gasteiger partial charge >= 0.3 is 6.61 Å². The van der Waals surface area contributed by atoms with E-state index in [9.17, 15) is 18.0 Å². The maximum absolute atomic E-state index is 13.2. The first-order chi connectivity index (χ1) is 14.4. The monoisotopic (exact) mass is 422 g/mol. The minimum atomic E-state index is -3.18. The fourth-order valence-corrected chi connectivity index (χ4v) is 3.03. The van der Waals surface area contributed by atoms with E-state index in [2.05, 4.69) is 20.1 Å². The van der Waals surface area contributed by atoms with E-state index in [0.717, 1.165) is 0 Å². The zero-order chi connectivity index (χ0) is 21.4. The summed E-state index contributed by atoms with van der Waals surface area (Å²) in [5, 5.41) is 6.67. The highest BCUT2D eigenvalue weighted by molar-refractivity contribution is 6.01. The molecule has 1 fully saturated rings. The standard InChI is InChI=1S/C19H17F3N4O4/c1-28-10-5-16-23-8-13(26(16)24-7-10)9-3-14(29-2)17(15(4-9)30-19(21)22)18(27)25-12-6-11(12)20/h3-5,7-8,11-12,19H,6H2,1-2H3,(H,25,27)/t11-,12+/m0/s1. The molecule has 2 aromatic heterocycles. The summed E-state index contributed by atoms with van der Waals surface area (Å²) in [5.74, 6) is -0.686. The van der Waals surface area contributed by atoms with E-state index >= 15 is 0 Å². The summed E-state index contributed by atoms with van der Waals surface area (Å²) in [4.78, 5) is 16.8. The molecule has 11 heteroatoms. The topological polar surface area (TPSA) is 87.0 Å². The molecule has 0 saturated heterocycles. The Bertz CT molecular complexity index is 1100. The number of halogens is 3. The lowest BCUT2D eigenvalue weighted by Crippen LogP contribution is -2.28. The number of alkyl halides is 3. The zero-order valence-electron chi connectivity index (χ0n) is 15.9. The summed E-state index contributed by atoms with van der Waals surface area (Å²) in [6.45, 7) is -3.18. The van der Waals surface area contributed by atoms with Gasteiger partial charge in [-0.3, -0.25) is 4.79 Å². The average Bonchev–Trinajstić information content (AvgIpc) is 3.24. The molecule has 1 amide bonds. The molecule has 1 N–H and O–H groups in total. The summed E-state index contributed by atoms with van der Waals surface area (Å²) >= 11 is 0. The molecule has 2 atom stereocenters. The number of hydrogen-bond donors (Lipinski definition) is 1. The summed E-state index contributed by atoms with van der Waals surface area (Å²) in [6.07, 6.45) is 1.98. The number of carbonyl (C=O) groups is 1. The Labute approximate surface area is 168 Å². The average molecular weight is 422 g/mol. The fraction of sp³-hybridized carbons (Fsp3) is 0.316. The number of hydrogen-bond acceptors (Lipinski definition) is 6. The van der Waals surface area contributed by atoms with E-state index in [-0.39, 0.29) is 17.7 Å². The first-order valence-corrected chi connectivity index (χ1v) is 8.91. The van der Waals surface area contributed by atoms with Crippen LogP contribution in [0.2, 0.25) is 0 Å². The number of nitrogens with one attached hydrogen (secondary N) is 1. The zero-order valence-corrected chi connectivity index (χ0v) is 15.9. The number of nitrogens with zero attached hydrogens (tertiary/aromatic N) is 3. The smallest absolute Gasteiger partial charge is 0.387 e. The Morgan fingerprint density at radius 2 is 1.93 bits per heavy atom. The molecule has 0 bridgehead atoms. The number of carbonyl (C=O) groups excluding carboxylic acids is 1. The Morgan fingerprint density at radius 1 is 1.20 bits per heavy atom. The number of ether oxygens (including phenoxy) is 3. The van der Waals surface area contributed by atoms with Gasteiger partial charge in [0, 0.05) is 18.1 Å². The third-order valence-corrected chi connectivity index (χ3v) is 4.63. The number of methoxy groups -OCH3 is 2. The summed E-state index contributed by atoms with van der Waals surface area (Å²) in [5.41, 5.74) is 1.04. The molecule has 1 aromatic carbocycles. The van der Waals surface area contributed by atoms with Crippen LogP contribution in [-0.4, -0.2) is 53.5 Å². The van der Waals surface area contributed by atoms with E-state index in [4.69, 9.17) is 9.47 Å². The molecule has 1 aliphatic rings. The third-order valence-electron chi connectivity index (χ3n) is 4.63. The van der Waals surface area contributed by atoms with Crippen LogP contribution >= 0.6 is 0 Å². The van der Waals surface area contributed by atoms with E-state index in [1.807, 2.05) is 0 Å². The van der Waals surface area contributed by atoms with E-state index in [0.29, 0.717) is 22.7 Å². The summed E-state index contributed by atoms with van der Waals surface area (Å²) in [7, 11) is 2.78. The number of amides is 1. The highest BCUT2D eigenvalue weighted by Crippen LogP contribution is 2.37. The highest BCUT2D eigenvalue weighted by Gasteiger charge is 2.40. The van der Waals surface area contributed by atoms with Crippen LogP contribution in [0.1, 0.15) is 16.8 Å². The Kier molecular flexibility index (Phi) is 5.10. The summed E-state index contributed by atoms with van der Waals surface area (Å²) < 4.78 is 55.7. The van der Waals surface area contributed by atoms with Crippen molar-refractivity contribution in [3.8, 4) is 28.5 Å². The maximum Gasteiger partial charge on any atom is 0.387 e. The van der Waals surface area contributed by atoms with Gasteiger partial charge in [-0.15, -0.1) is 0 Å². The normalized spacial score (nSPS) is 17.8. The minimum absolute atomic E-state index is 0.0137. The largest absolute Gasteiger partial charge is 0.496 e. The van der Waals surface area contributed by atoms with Crippen molar-refractivity contribution >= 4 is 11.6 Å². The Balaban J connectivity index is 1.80. The number of benzene rings is 1. The molecule has 0 aliphatic heterocycles. The van der Waals surface area contributed by atoms with Crippen molar-refractivity contribution < 1.29 is 32.2 Å². The molecule has 0 unspecified atom stereocenters. The van der Waals surface area contributed by atoms with Crippen LogP contribution in [0, 0.1) is 0 Å². The van der Waals surface area contributed by atoms with Gasteiger partial charge in [-0.25, -0.2) is 13.9 Å². The van der Waals surface area contributed by atoms with Gasteiger partial charge in [0.25, 0.3) is 5.91 Å². The third kappa shape index (κ3) is 3.70. The molecular weight excluding hydrogens is 405 g/mol. The molecule has 8 nitrogen and oxygen atoms in total. The van der Waals surface area contributed by atoms with E-state index < -0.39 is 30.5 Å². The lowest BCUT2D eigenvalue weighted by atomic mass is 10.1. The predicted octanol–water partition coefficient (Wildman–Crippen LogP) is 2.86. The lowest BCUT2D eigenvalue weighted by Gasteiger charge is -2.16. The van der Waals surface area contributed by atoms with Crippen LogP contribution in [0.25, 0.3) is 16.9 Å². The second kappa shape index (κ2) is 7.73. The van der Waals surface area contributed by atoms with Crippen LogP contribution in [0.3, 0.4) is 0 Å². The quantitative estimate of drug-likeness (QED) is 0.630. The highest BCUT2D eigenvalue weighted by atomic mass is 19.3. The molecule has 1 saturated carbocycles. The van der Waals surface area contributed by atoms with Gasteiger partial charge in [-0.05, 0) is 12.1 Å². The van der Waals surface area contributed by atoms with Gasteiger partial charge in [0.1, 0.15) is 29.0 Å². The molecule has 4 rings (SSSR count). The maximum atomic E-state index is 13.2. The second-order valence-corrected chi connectivity index (χ2v) is 6.57. The Morgan fingerprint density at radius 3 is 2.57 bits per heavy atom. The van der Waals surface area contributed by atoms with Crippen molar-refractivity contribution in [2.75, 3.05) is 14.2 Å². The van der Waals surface area contributed by atoms with Crippen molar-refractivity contribution in [3.05, 3.63) is 36.2 Å². The van der Waals surface area contributed by atoms with Gasteiger partial charge in [0.2, 0.25) is 0 Å². The summed E-state index contributed by atoms with van der Waals surface area (Å²) in [6, 6.07) is 3.73. The van der Waals surface area contributed by atoms with E-state index in [1.165, 1.54) is 43.3 Å². The van der Waals surface area contributed by atoms with Crippen molar-refractivity contribution in [3.63, 3.8) is 0 Å². The molecule has 30 heavy (non-hydrogen) atoms. The second-order valence-electron chi connectivity index (χ2n) is 6.57. The SMILES string of the molecule is COc1cnn2c(-c3cc(OC)c(C(=O)N[C@@H]4C[C@@H]4F)c(OC(F)F)c3)cnc2c1. The number of imidazole rings is 1. The van der Waals surface area contributed by atoms with Crippen LogP contribution in [0.15, 0.2) is 30.6 Å². The van der Waals surface area contributed by atoms with Crippen LogP contribution in [-0.2, 0) is 0 Å². The van der Waals surface area contributed by atoms with Gasteiger partial charge in [0.05, 0.1) is 38.3 Å². The first kappa shape index (κ1) is 19.8. The molecule has 158 valence electrons. The minimum Gasteiger partial charge on any atom is -0.496 e. The van der Waals surface area contributed by atoms with Gasteiger partial charge in [0.15, 0.2) is 5.65 Å². The van der Waals surface area contributed by atoms with Gasteiger partial charge in [-0.1, -0.05) is 0 Å². The fourth-order valence-electron chi connectivity index (χ4n) is 3.03. The molecular formula is C19H17F3N4O4. The predicted molar refractivity (Wildman–Crippen MR) is 98.9 cm³/mol. The van der Waals surface area contributed by atoms with Crippen molar-refractivity contribution in [2.45, 2.75) is 25.2 Å². The molecule has 0 spiro atoms. The van der Waals surface area contributed by atoms with Gasteiger partial charge < -0.3 is 19.5 Å². The van der Waals surface area contributed by atoms with Crippen LogP contribution in [0.5, 0.6) is 17.2 Å². The number of aromatic nitrogens is 3. The molecule has 0 radical (unpaired) electrons. The molecule has 1 aliphatic carbocycles. The van der Waals surface area contributed by atoms with Crippen molar-refractivity contribution in [1.82, 2.24) is 19.9 Å². The lowest BCUT2D eigenvalue weighted by molar-refractivity contribution is -0.0502. The molecule has 3 aromatic rings. The molecule has 2 heterocycles. The van der Waals surface area contributed by atoms with Crippen molar-refractivity contribution in [2.24, 2.45) is 0 Å². The number of rotatable bonds is 7.